The molecule has 0 aliphatic carbocycles. The van der Waals surface area contributed by atoms with Gasteiger partial charge in [0.05, 0.1) is 11.8 Å². The molecule has 0 aliphatic rings. The Kier molecular flexibility index (Phi) is 4.26. The fraction of sp³-hybridized carbons (Fsp3) is 0.438. The lowest BCUT2D eigenvalue weighted by atomic mass is 9.81. The number of hydrogen-bond donors (Lipinski definition) is 1. The van der Waals surface area contributed by atoms with Crippen LogP contribution in [0.15, 0.2) is 36.7 Å². The number of nitrogens with two attached hydrogens (primary N) is 1. The van der Waals surface area contributed by atoms with Gasteiger partial charge in [-0.25, -0.2) is 0 Å². The van der Waals surface area contributed by atoms with Crippen molar-refractivity contribution in [3.8, 4) is 11.1 Å². The average molecular weight is 284 g/mol. The standard InChI is InChI=1S/C16H23BN3O/c1-15(2,18)16(3,4)21-17-14-8-6-12(7-9-14)13-10-19-20(5)11-13/h6-11H,18H2,1-5H3. The molecule has 2 rings (SSSR count). The molecule has 0 amide bonds. The van der Waals surface area contributed by atoms with E-state index in [-0.39, 0.29) is 0 Å². The summed E-state index contributed by atoms with van der Waals surface area (Å²) in [5.74, 6) is 0. The summed E-state index contributed by atoms with van der Waals surface area (Å²) < 4.78 is 7.66. The van der Waals surface area contributed by atoms with Crippen LogP contribution in [0.3, 0.4) is 0 Å². The van der Waals surface area contributed by atoms with Gasteiger partial charge in [0, 0.05) is 24.3 Å². The van der Waals surface area contributed by atoms with Gasteiger partial charge < -0.3 is 10.4 Å². The highest BCUT2D eigenvalue weighted by atomic mass is 16.5. The summed E-state index contributed by atoms with van der Waals surface area (Å²) in [5.41, 5.74) is 8.53. The van der Waals surface area contributed by atoms with Crippen LogP contribution in [0.2, 0.25) is 0 Å². The van der Waals surface area contributed by atoms with Crippen molar-refractivity contribution in [2.45, 2.75) is 38.8 Å². The highest BCUT2D eigenvalue weighted by Gasteiger charge is 2.34. The van der Waals surface area contributed by atoms with Crippen LogP contribution in [0.1, 0.15) is 27.7 Å². The van der Waals surface area contributed by atoms with Crippen LogP contribution in [-0.4, -0.2) is 28.4 Å². The largest absolute Gasteiger partial charge is 0.428 e. The molecule has 1 heterocycles. The van der Waals surface area contributed by atoms with Gasteiger partial charge >= 0.3 is 7.48 Å². The van der Waals surface area contributed by atoms with Crippen LogP contribution < -0.4 is 11.2 Å². The summed E-state index contributed by atoms with van der Waals surface area (Å²) in [6.07, 6.45) is 3.85. The monoisotopic (exact) mass is 284 g/mol. The first-order valence-corrected chi connectivity index (χ1v) is 7.08. The quantitative estimate of drug-likeness (QED) is 0.853. The Balaban J connectivity index is 2.03. The van der Waals surface area contributed by atoms with Gasteiger partial charge in [-0.2, -0.15) is 5.10 Å². The van der Waals surface area contributed by atoms with Gasteiger partial charge in [0.25, 0.3) is 0 Å². The van der Waals surface area contributed by atoms with Crippen LogP contribution in [0.4, 0.5) is 0 Å². The predicted octanol–water partition coefficient (Wildman–Crippen LogP) is 1.86. The van der Waals surface area contributed by atoms with Gasteiger partial charge in [0.1, 0.15) is 0 Å². The summed E-state index contributed by atoms with van der Waals surface area (Å²) in [6, 6.07) is 8.18. The number of nitrogens with zero attached hydrogens (tertiary/aromatic N) is 2. The maximum Gasteiger partial charge on any atom is 0.330 e. The number of benzene rings is 1. The maximum atomic E-state index is 6.13. The van der Waals surface area contributed by atoms with Gasteiger partial charge in [-0.15, -0.1) is 0 Å². The van der Waals surface area contributed by atoms with Gasteiger partial charge in [-0.05, 0) is 33.3 Å². The molecule has 0 unspecified atom stereocenters. The highest BCUT2D eigenvalue weighted by molar-refractivity contribution is 6.47. The van der Waals surface area contributed by atoms with E-state index < -0.39 is 11.1 Å². The zero-order valence-corrected chi connectivity index (χ0v) is 13.4. The van der Waals surface area contributed by atoms with Gasteiger partial charge in [0.2, 0.25) is 0 Å². The summed E-state index contributed by atoms with van der Waals surface area (Å²) >= 11 is 0. The first kappa shape index (κ1) is 15.8. The number of aromatic nitrogens is 2. The third-order valence-corrected chi connectivity index (χ3v) is 3.99. The lowest BCUT2D eigenvalue weighted by molar-refractivity contribution is 0.0462. The molecule has 2 N–H and O–H groups in total. The van der Waals surface area contributed by atoms with Crippen LogP contribution >= 0.6 is 0 Å². The molecule has 0 bridgehead atoms. The fourth-order valence-corrected chi connectivity index (χ4v) is 1.69. The minimum atomic E-state index is -0.435. The normalized spacial score (nSPS) is 12.5. The van der Waals surface area contributed by atoms with Crippen LogP contribution in [-0.2, 0) is 11.7 Å². The highest BCUT2D eigenvalue weighted by Crippen LogP contribution is 2.22. The molecule has 5 heteroatoms. The lowest BCUT2D eigenvalue weighted by Crippen LogP contribution is -2.55. The third-order valence-electron chi connectivity index (χ3n) is 3.99. The SMILES string of the molecule is Cn1cc(-c2ccc([B]OC(C)(C)C(C)(C)N)cc2)cn1. The van der Waals surface area contributed by atoms with E-state index in [0.717, 1.165) is 16.6 Å². The van der Waals surface area contributed by atoms with Crippen molar-refractivity contribution in [3.05, 3.63) is 36.7 Å². The molecule has 0 saturated heterocycles. The molecular weight excluding hydrogens is 261 g/mol. The first-order chi connectivity index (χ1) is 9.69. The Morgan fingerprint density at radius 3 is 2.19 bits per heavy atom. The van der Waals surface area contributed by atoms with E-state index in [0.29, 0.717) is 0 Å². The van der Waals surface area contributed by atoms with Gasteiger partial charge in [-0.3, -0.25) is 4.68 Å². The van der Waals surface area contributed by atoms with Crippen LogP contribution in [0.5, 0.6) is 0 Å². The molecule has 2 aromatic rings. The van der Waals surface area contributed by atoms with E-state index in [4.69, 9.17) is 10.4 Å². The number of hydrogen-bond acceptors (Lipinski definition) is 3. The lowest BCUT2D eigenvalue weighted by Gasteiger charge is -2.38. The molecule has 1 aromatic carbocycles. The minimum absolute atomic E-state index is 0.418. The van der Waals surface area contributed by atoms with E-state index >= 15 is 0 Å². The van der Waals surface area contributed by atoms with Crippen molar-refractivity contribution in [1.82, 2.24) is 9.78 Å². The Hall–Kier alpha value is -1.59. The molecule has 0 fully saturated rings. The van der Waals surface area contributed by atoms with Crippen LogP contribution in [0, 0.1) is 0 Å². The second kappa shape index (κ2) is 5.66. The summed E-state index contributed by atoms with van der Waals surface area (Å²) in [7, 11) is 3.68. The van der Waals surface area contributed by atoms with Crippen molar-refractivity contribution in [2.75, 3.05) is 0 Å². The molecule has 1 aromatic heterocycles. The van der Waals surface area contributed by atoms with Crippen molar-refractivity contribution >= 4 is 12.9 Å². The Bertz CT molecular complexity index is 597. The Labute approximate surface area is 127 Å². The third kappa shape index (κ3) is 3.74. The zero-order chi connectivity index (χ0) is 15.7. The number of rotatable bonds is 5. The molecule has 111 valence electrons. The second-order valence-electron chi connectivity index (χ2n) is 6.49. The van der Waals surface area contributed by atoms with Crippen LogP contribution in [0.25, 0.3) is 11.1 Å². The molecule has 0 atom stereocenters. The summed E-state index contributed by atoms with van der Waals surface area (Å²) in [6.45, 7) is 7.92. The summed E-state index contributed by atoms with van der Waals surface area (Å²) in [5, 5.41) is 4.18. The van der Waals surface area contributed by atoms with E-state index in [2.05, 4.69) is 17.2 Å². The van der Waals surface area contributed by atoms with E-state index in [1.54, 1.807) is 12.2 Å². The predicted molar refractivity (Wildman–Crippen MR) is 87.5 cm³/mol. The van der Waals surface area contributed by atoms with Crippen molar-refractivity contribution < 1.29 is 4.65 Å². The number of aryl methyl sites for hydroxylation is 1. The maximum absolute atomic E-state index is 6.13. The molecule has 1 radical (unpaired) electrons. The Morgan fingerprint density at radius 2 is 1.71 bits per heavy atom. The van der Waals surface area contributed by atoms with E-state index in [1.165, 1.54) is 0 Å². The summed E-state index contributed by atoms with van der Waals surface area (Å²) in [4.78, 5) is 0. The molecule has 21 heavy (non-hydrogen) atoms. The van der Waals surface area contributed by atoms with E-state index in [9.17, 15) is 0 Å². The van der Waals surface area contributed by atoms with Crippen molar-refractivity contribution in [1.29, 1.82) is 0 Å². The fourth-order valence-electron chi connectivity index (χ4n) is 1.69. The minimum Gasteiger partial charge on any atom is -0.428 e. The zero-order valence-electron chi connectivity index (χ0n) is 13.4. The van der Waals surface area contributed by atoms with E-state index in [1.807, 2.05) is 59.3 Å². The molecule has 4 nitrogen and oxygen atoms in total. The molecule has 0 spiro atoms. The van der Waals surface area contributed by atoms with Crippen molar-refractivity contribution in [2.24, 2.45) is 12.8 Å². The van der Waals surface area contributed by atoms with Gasteiger partial charge in [0.15, 0.2) is 0 Å². The topological polar surface area (TPSA) is 53.1 Å². The average Bonchev–Trinajstić information content (AvgIpc) is 2.82. The first-order valence-electron chi connectivity index (χ1n) is 7.08. The van der Waals surface area contributed by atoms with Crippen molar-refractivity contribution in [3.63, 3.8) is 0 Å². The Morgan fingerprint density at radius 1 is 1.10 bits per heavy atom. The molecule has 0 aliphatic heterocycles. The molecular formula is C16H23BN3O. The van der Waals surface area contributed by atoms with Gasteiger partial charge in [-0.1, -0.05) is 29.7 Å². The smallest absolute Gasteiger partial charge is 0.330 e. The molecule has 0 saturated carbocycles. The second-order valence-corrected chi connectivity index (χ2v) is 6.49.